The molecule has 0 N–H and O–H groups in total. The molecule has 31 heavy (non-hydrogen) atoms. The Morgan fingerprint density at radius 1 is 0.806 bits per heavy atom. The van der Waals surface area contributed by atoms with Crippen molar-refractivity contribution in [2.24, 2.45) is 0 Å². The first-order chi connectivity index (χ1) is 15.2. The largest absolute Gasteiger partial charge is 0.494 e. The fourth-order valence-electron chi connectivity index (χ4n) is 3.66. The summed E-state index contributed by atoms with van der Waals surface area (Å²) in [6.45, 7) is 5.82. The van der Waals surface area contributed by atoms with E-state index in [2.05, 4.69) is 50.3 Å². The zero-order valence-electron chi connectivity index (χ0n) is 18.8. The van der Waals surface area contributed by atoms with E-state index >= 15 is 0 Å². The Morgan fingerprint density at radius 2 is 1.39 bits per heavy atom. The highest BCUT2D eigenvalue weighted by molar-refractivity contribution is 5.92. The summed E-state index contributed by atoms with van der Waals surface area (Å²) in [5.74, 6) is 2.21. The van der Waals surface area contributed by atoms with Crippen LogP contribution in [-0.4, -0.2) is 19.0 Å². The first-order valence-electron chi connectivity index (χ1n) is 11.5. The molecule has 3 nitrogen and oxygen atoms in total. The monoisotopic (exact) mass is 418 g/mol. The fraction of sp³-hybridized carbons (Fsp3) is 0.393. The Bertz CT molecular complexity index is 875. The molecule has 0 saturated heterocycles. The first kappa shape index (κ1) is 22.9. The average Bonchev–Trinajstić information content (AvgIpc) is 2.79. The van der Waals surface area contributed by atoms with Crippen LogP contribution < -0.4 is 9.47 Å². The maximum atomic E-state index is 12.3. The van der Waals surface area contributed by atoms with E-state index in [0.717, 1.165) is 68.0 Å². The van der Waals surface area contributed by atoms with Crippen molar-refractivity contribution >= 4 is 11.9 Å². The van der Waals surface area contributed by atoms with E-state index in [1.165, 1.54) is 5.56 Å². The molecule has 0 amide bonds. The van der Waals surface area contributed by atoms with Crippen LogP contribution in [0.2, 0.25) is 0 Å². The number of carbonyl (C=O) groups is 1. The lowest BCUT2D eigenvalue weighted by molar-refractivity contribution is -0.115. The maximum absolute atomic E-state index is 12.3. The lowest BCUT2D eigenvalue weighted by Gasteiger charge is -2.21. The number of rotatable bonds is 11. The molecule has 0 spiro atoms. The van der Waals surface area contributed by atoms with Gasteiger partial charge in [-0.25, -0.2) is 0 Å². The van der Waals surface area contributed by atoms with E-state index in [1.807, 2.05) is 24.3 Å². The second kappa shape index (κ2) is 12.1. The van der Waals surface area contributed by atoms with Crippen molar-refractivity contribution in [2.75, 3.05) is 13.2 Å². The van der Waals surface area contributed by atoms with Crippen molar-refractivity contribution in [1.82, 2.24) is 0 Å². The molecule has 1 atom stereocenters. The van der Waals surface area contributed by atoms with Crippen LogP contribution in [0.3, 0.4) is 0 Å². The van der Waals surface area contributed by atoms with Gasteiger partial charge in [-0.05, 0) is 72.2 Å². The molecule has 0 radical (unpaired) electrons. The standard InChI is InChI=1S/C28H34O3/c1-3-5-17-30-27-13-9-22(10-14-27)7-8-23-19-25(21-26(29)20-23)24-11-15-28(16-12-24)31-18-6-4-2/h7-16,20,25H,3-6,17-19,21H2,1-2H3/t25-/m1/s1. The highest BCUT2D eigenvalue weighted by atomic mass is 16.5. The van der Waals surface area contributed by atoms with E-state index in [9.17, 15) is 4.79 Å². The topological polar surface area (TPSA) is 35.5 Å². The smallest absolute Gasteiger partial charge is 0.156 e. The summed E-state index contributed by atoms with van der Waals surface area (Å²) >= 11 is 0. The number of ketones is 1. The molecule has 2 aromatic carbocycles. The van der Waals surface area contributed by atoms with Gasteiger partial charge in [0.1, 0.15) is 11.5 Å². The van der Waals surface area contributed by atoms with Crippen LogP contribution in [0.1, 0.15) is 69.4 Å². The second-order valence-corrected chi connectivity index (χ2v) is 8.17. The molecular formula is C28H34O3. The van der Waals surface area contributed by atoms with Gasteiger partial charge < -0.3 is 9.47 Å². The predicted octanol–water partition coefficient (Wildman–Crippen LogP) is 7.13. The first-order valence-corrected chi connectivity index (χ1v) is 11.5. The van der Waals surface area contributed by atoms with Crippen molar-refractivity contribution in [3.05, 3.63) is 77.4 Å². The van der Waals surface area contributed by atoms with Gasteiger partial charge in [0, 0.05) is 6.42 Å². The van der Waals surface area contributed by atoms with Gasteiger partial charge in [0.25, 0.3) is 0 Å². The van der Waals surface area contributed by atoms with Crippen LogP contribution in [0.15, 0.2) is 66.3 Å². The normalized spacial score (nSPS) is 16.4. The van der Waals surface area contributed by atoms with Gasteiger partial charge in [-0.2, -0.15) is 0 Å². The molecule has 1 aliphatic rings. The maximum Gasteiger partial charge on any atom is 0.156 e. The van der Waals surface area contributed by atoms with Gasteiger partial charge in [0.05, 0.1) is 13.2 Å². The van der Waals surface area contributed by atoms with Crippen molar-refractivity contribution in [3.8, 4) is 11.5 Å². The number of hydrogen-bond donors (Lipinski definition) is 0. The predicted molar refractivity (Wildman–Crippen MR) is 128 cm³/mol. The summed E-state index contributed by atoms with van der Waals surface area (Å²) < 4.78 is 11.5. The Labute approximate surface area is 186 Å². The van der Waals surface area contributed by atoms with Crippen LogP contribution >= 0.6 is 0 Å². The zero-order valence-corrected chi connectivity index (χ0v) is 18.8. The molecule has 0 fully saturated rings. The van der Waals surface area contributed by atoms with E-state index in [4.69, 9.17) is 9.47 Å². The van der Waals surface area contributed by atoms with Gasteiger partial charge in [-0.15, -0.1) is 0 Å². The molecule has 0 saturated carbocycles. The summed E-state index contributed by atoms with van der Waals surface area (Å²) in [6.07, 6.45) is 11.8. The van der Waals surface area contributed by atoms with Crippen LogP contribution in [0, 0.1) is 0 Å². The van der Waals surface area contributed by atoms with E-state index in [1.54, 1.807) is 6.08 Å². The Kier molecular flexibility index (Phi) is 8.96. The third-order valence-corrected chi connectivity index (χ3v) is 5.53. The quantitative estimate of drug-likeness (QED) is 0.364. The fourth-order valence-corrected chi connectivity index (χ4v) is 3.66. The van der Waals surface area contributed by atoms with E-state index in [0.29, 0.717) is 6.42 Å². The second-order valence-electron chi connectivity index (χ2n) is 8.17. The number of hydrogen-bond acceptors (Lipinski definition) is 3. The number of benzene rings is 2. The minimum Gasteiger partial charge on any atom is -0.494 e. The molecule has 0 aliphatic heterocycles. The van der Waals surface area contributed by atoms with Crippen LogP contribution in [0.5, 0.6) is 11.5 Å². The summed E-state index contributed by atoms with van der Waals surface area (Å²) in [5.41, 5.74) is 3.38. The molecule has 2 aromatic rings. The summed E-state index contributed by atoms with van der Waals surface area (Å²) in [6, 6.07) is 16.4. The van der Waals surface area contributed by atoms with Crippen LogP contribution in [0.4, 0.5) is 0 Å². The minimum atomic E-state index is 0.193. The van der Waals surface area contributed by atoms with E-state index < -0.39 is 0 Å². The summed E-state index contributed by atoms with van der Waals surface area (Å²) in [7, 11) is 0. The Morgan fingerprint density at radius 3 is 1.97 bits per heavy atom. The van der Waals surface area contributed by atoms with Crippen molar-refractivity contribution < 1.29 is 14.3 Å². The number of unbranched alkanes of at least 4 members (excludes halogenated alkanes) is 2. The lowest BCUT2D eigenvalue weighted by atomic mass is 9.83. The molecule has 0 unspecified atom stereocenters. The highest BCUT2D eigenvalue weighted by Crippen LogP contribution is 2.33. The summed E-state index contributed by atoms with van der Waals surface area (Å²) in [5, 5.41) is 0. The molecule has 3 rings (SSSR count). The highest BCUT2D eigenvalue weighted by Gasteiger charge is 2.21. The molecule has 164 valence electrons. The Hall–Kier alpha value is -2.81. The third-order valence-electron chi connectivity index (χ3n) is 5.53. The minimum absolute atomic E-state index is 0.193. The number of carbonyl (C=O) groups excluding carboxylic acids is 1. The van der Waals surface area contributed by atoms with Gasteiger partial charge in [-0.3, -0.25) is 4.79 Å². The molecule has 3 heteroatoms. The third kappa shape index (κ3) is 7.43. The van der Waals surface area contributed by atoms with Gasteiger partial charge >= 0.3 is 0 Å². The van der Waals surface area contributed by atoms with Crippen molar-refractivity contribution in [2.45, 2.75) is 58.3 Å². The molecule has 0 bridgehead atoms. The van der Waals surface area contributed by atoms with Gasteiger partial charge in [0.2, 0.25) is 0 Å². The molecular weight excluding hydrogens is 384 g/mol. The SMILES string of the molecule is CCCCOc1ccc(C=CC2=CC(=O)C[C@H](c3ccc(OCCCC)cc3)C2)cc1. The van der Waals surface area contributed by atoms with Gasteiger partial charge in [0.15, 0.2) is 5.78 Å². The van der Waals surface area contributed by atoms with Crippen LogP contribution in [-0.2, 0) is 4.79 Å². The average molecular weight is 419 g/mol. The van der Waals surface area contributed by atoms with Crippen molar-refractivity contribution in [3.63, 3.8) is 0 Å². The van der Waals surface area contributed by atoms with Crippen LogP contribution in [0.25, 0.3) is 6.08 Å². The zero-order chi connectivity index (χ0) is 21.9. The van der Waals surface area contributed by atoms with E-state index in [-0.39, 0.29) is 11.7 Å². The number of allylic oxidation sites excluding steroid dienone is 3. The Balaban J connectivity index is 1.58. The molecule has 0 heterocycles. The molecule has 1 aliphatic carbocycles. The summed E-state index contributed by atoms with van der Waals surface area (Å²) in [4.78, 5) is 12.3. The van der Waals surface area contributed by atoms with Gasteiger partial charge in [-0.1, -0.05) is 63.1 Å². The lowest BCUT2D eigenvalue weighted by Crippen LogP contribution is -2.12. The molecule has 0 aromatic heterocycles. The van der Waals surface area contributed by atoms with Crippen molar-refractivity contribution in [1.29, 1.82) is 0 Å². The number of ether oxygens (including phenoxy) is 2.